The van der Waals surface area contributed by atoms with Crippen molar-refractivity contribution >= 4 is 11.3 Å². The summed E-state index contributed by atoms with van der Waals surface area (Å²) in [5.74, 6) is 0. The van der Waals surface area contributed by atoms with E-state index in [2.05, 4.69) is 41.5 Å². The van der Waals surface area contributed by atoms with Crippen LogP contribution in [0.1, 0.15) is 22.0 Å². The summed E-state index contributed by atoms with van der Waals surface area (Å²) in [6.07, 6.45) is 2.96. The van der Waals surface area contributed by atoms with Crippen molar-refractivity contribution in [2.75, 3.05) is 7.05 Å². The summed E-state index contributed by atoms with van der Waals surface area (Å²) in [7, 11) is 2.00. The Morgan fingerprint density at radius 2 is 2.31 bits per heavy atom. The first-order chi connectivity index (χ1) is 7.79. The van der Waals surface area contributed by atoms with E-state index in [4.69, 9.17) is 0 Å². The quantitative estimate of drug-likeness (QED) is 0.876. The van der Waals surface area contributed by atoms with Gasteiger partial charge >= 0.3 is 0 Å². The lowest BCUT2D eigenvalue weighted by Crippen LogP contribution is -2.17. The Balaban J connectivity index is 2.13. The van der Waals surface area contributed by atoms with E-state index >= 15 is 0 Å². The maximum atomic E-state index is 4.13. The molecule has 0 spiro atoms. The fourth-order valence-electron chi connectivity index (χ4n) is 1.82. The Bertz CT molecular complexity index is 437. The average Bonchev–Trinajstić information content (AvgIpc) is 2.79. The highest BCUT2D eigenvalue weighted by Gasteiger charge is 2.11. The molecule has 2 rings (SSSR count). The highest BCUT2D eigenvalue weighted by Crippen LogP contribution is 2.21. The molecule has 0 aliphatic heterocycles. The lowest BCUT2D eigenvalue weighted by molar-refractivity contribution is 0.601. The van der Waals surface area contributed by atoms with Gasteiger partial charge in [0.1, 0.15) is 0 Å². The van der Waals surface area contributed by atoms with Gasteiger partial charge in [-0.3, -0.25) is 4.98 Å². The number of likely N-dealkylation sites (N-methyl/N-ethyl adjacent to an activating group) is 1. The van der Waals surface area contributed by atoms with Gasteiger partial charge in [0.25, 0.3) is 0 Å². The van der Waals surface area contributed by atoms with E-state index in [-0.39, 0.29) is 0 Å². The van der Waals surface area contributed by atoms with E-state index < -0.39 is 0 Å². The van der Waals surface area contributed by atoms with E-state index in [1.54, 1.807) is 11.3 Å². The second-order valence-corrected chi connectivity index (χ2v) is 4.86. The molecule has 1 unspecified atom stereocenters. The average molecular weight is 232 g/mol. The molecule has 1 atom stereocenters. The molecule has 0 radical (unpaired) electrons. The molecule has 0 bridgehead atoms. The van der Waals surface area contributed by atoms with Crippen molar-refractivity contribution in [1.82, 2.24) is 10.3 Å². The van der Waals surface area contributed by atoms with Crippen LogP contribution in [0.25, 0.3) is 0 Å². The van der Waals surface area contributed by atoms with Crippen LogP contribution in [0.2, 0.25) is 0 Å². The maximum absolute atomic E-state index is 4.13. The summed E-state index contributed by atoms with van der Waals surface area (Å²) in [6, 6.07) is 9.03. The van der Waals surface area contributed by atoms with Crippen molar-refractivity contribution in [3.63, 3.8) is 0 Å². The fourth-order valence-corrected chi connectivity index (χ4v) is 2.55. The standard InChI is InChI=1S/C13H16N2S/c1-10-4-3-5-11(6-10)7-12(14-2)13-8-15-9-16-13/h3-6,8-9,12,14H,7H2,1-2H3. The zero-order chi connectivity index (χ0) is 11.4. The number of hydrogen-bond acceptors (Lipinski definition) is 3. The third-order valence-electron chi connectivity index (χ3n) is 2.67. The summed E-state index contributed by atoms with van der Waals surface area (Å²) in [5.41, 5.74) is 4.57. The first-order valence-electron chi connectivity index (χ1n) is 5.41. The number of thiazole rings is 1. The molecule has 0 saturated carbocycles. The van der Waals surface area contributed by atoms with Gasteiger partial charge in [-0.1, -0.05) is 29.8 Å². The van der Waals surface area contributed by atoms with E-state index in [0.717, 1.165) is 6.42 Å². The minimum atomic E-state index is 0.370. The van der Waals surface area contributed by atoms with E-state index in [9.17, 15) is 0 Å². The van der Waals surface area contributed by atoms with Crippen molar-refractivity contribution in [1.29, 1.82) is 0 Å². The summed E-state index contributed by atoms with van der Waals surface area (Å²) >= 11 is 1.71. The maximum Gasteiger partial charge on any atom is 0.0794 e. The predicted octanol–water partition coefficient (Wildman–Crippen LogP) is 2.95. The van der Waals surface area contributed by atoms with Crippen LogP contribution < -0.4 is 5.32 Å². The molecule has 0 aliphatic rings. The number of benzene rings is 1. The van der Waals surface area contributed by atoms with Crippen LogP contribution in [-0.4, -0.2) is 12.0 Å². The number of hydrogen-bond donors (Lipinski definition) is 1. The van der Waals surface area contributed by atoms with Crippen LogP contribution in [0.4, 0.5) is 0 Å². The van der Waals surface area contributed by atoms with Crippen molar-refractivity contribution in [2.24, 2.45) is 0 Å². The van der Waals surface area contributed by atoms with Crippen LogP contribution in [-0.2, 0) is 6.42 Å². The zero-order valence-corrected chi connectivity index (χ0v) is 10.4. The summed E-state index contributed by atoms with van der Waals surface area (Å²) in [6.45, 7) is 2.13. The smallest absolute Gasteiger partial charge is 0.0794 e. The third-order valence-corrected chi connectivity index (χ3v) is 3.55. The summed E-state index contributed by atoms with van der Waals surface area (Å²) in [4.78, 5) is 5.42. The van der Waals surface area contributed by atoms with Gasteiger partial charge in [0.15, 0.2) is 0 Å². The minimum Gasteiger partial charge on any atom is -0.312 e. The molecule has 2 nitrogen and oxygen atoms in total. The first-order valence-corrected chi connectivity index (χ1v) is 6.29. The van der Waals surface area contributed by atoms with Crippen molar-refractivity contribution < 1.29 is 0 Å². The molecular weight excluding hydrogens is 216 g/mol. The molecule has 0 amide bonds. The van der Waals surface area contributed by atoms with Gasteiger partial charge in [-0.15, -0.1) is 11.3 Å². The van der Waals surface area contributed by atoms with Crippen LogP contribution in [0, 0.1) is 6.92 Å². The second-order valence-electron chi connectivity index (χ2n) is 3.94. The molecule has 3 heteroatoms. The number of nitrogens with one attached hydrogen (secondary N) is 1. The van der Waals surface area contributed by atoms with Gasteiger partial charge in [0, 0.05) is 17.1 Å². The molecule has 16 heavy (non-hydrogen) atoms. The highest BCUT2D eigenvalue weighted by atomic mass is 32.1. The third kappa shape index (κ3) is 2.68. The summed E-state index contributed by atoms with van der Waals surface area (Å²) in [5, 5.41) is 3.34. The normalized spacial score (nSPS) is 12.6. The Hall–Kier alpha value is -1.19. The van der Waals surface area contributed by atoms with Gasteiger partial charge in [-0.05, 0) is 26.0 Å². The van der Waals surface area contributed by atoms with Crippen LogP contribution >= 0.6 is 11.3 Å². The molecule has 84 valence electrons. The molecular formula is C13H16N2S. The van der Waals surface area contributed by atoms with Crippen LogP contribution in [0.3, 0.4) is 0 Å². The number of aryl methyl sites for hydroxylation is 1. The summed E-state index contributed by atoms with van der Waals surface area (Å²) < 4.78 is 0. The zero-order valence-electron chi connectivity index (χ0n) is 9.60. The van der Waals surface area contributed by atoms with Crippen molar-refractivity contribution in [3.8, 4) is 0 Å². The molecule has 1 N–H and O–H groups in total. The topological polar surface area (TPSA) is 24.9 Å². The largest absolute Gasteiger partial charge is 0.312 e. The van der Waals surface area contributed by atoms with Crippen molar-refractivity contribution in [2.45, 2.75) is 19.4 Å². The first kappa shape index (κ1) is 11.3. The van der Waals surface area contributed by atoms with E-state index in [0.29, 0.717) is 6.04 Å². The Morgan fingerprint density at radius 1 is 1.44 bits per heavy atom. The molecule has 1 aromatic carbocycles. The van der Waals surface area contributed by atoms with Gasteiger partial charge in [-0.25, -0.2) is 0 Å². The molecule has 0 fully saturated rings. The number of nitrogens with zero attached hydrogens (tertiary/aromatic N) is 1. The van der Waals surface area contributed by atoms with E-state index in [1.165, 1.54) is 16.0 Å². The highest BCUT2D eigenvalue weighted by molar-refractivity contribution is 7.09. The monoisotopic (exact) mass is 232 g/mol. The molecule has 0 aliphatic carbocycles. The van der Waals surface area contributed by atoms with Gasteiger partial charge < -0.3 is 5.32 Å². The SMILES string of the molecule is CNC(Cc1cccc(C)c1)c1cncs1. The fraction of sp³-hybridized carbons (Fsp3) is 0.308. The van der Waals surface area contributed by atoms with E-state index in [1.807, 2.05) is 18.8 Å². The lowest BCUT2D eigenvalue weighted by Gasteiger charge is -2.14. The Kier molecular flexibility index (Phi) is 3.70. The predicted molar refractivity (Wildman–Crippen MR) is 68.8 cm³/mol. The van der Waals surface area contributed by atoms with Gasteiger partial charge in [-0.2, -0.15) is 0 Å². The molecule has 1 aromatic heterocycles. The Labute approximate surface area is 100 Å². The van der Waals surface area contributed by atoms with Crippen LogP contribution in [0.5, 0.6) is 0 Å². The molecule has 2 aromatic rings. The van der Waals surface area contributed by atoms with Crippen LogP contribution in [0.15, 0.2) is 36.0 Å². The second kappa shape index (κ2) is 5.23. The molecule has 0 saturated heterocycles. The van der Waals surface area contributed by atoms with Crippen molar-refractivity contribution in [3.05, 3.63) is 52.0 Å². The van der Waals surface area contributed by atoms with Gasteiger partial charge in [0.05, 0.1) is 5.51 Å². The lowest BCUT2D eigenvalue weighted by atomic mass is 10.0. The number of rotatable bonds is 4. The number of aromatic nitrogens is 1. The van der Waals surface area contributed by atoms with Gasteiger partial charge in [0.2, 0.25) is 0 Å². The minimum absolute atomic E-state index is 0.370. The molecule has 1 heterocycles. The Morgan fingerprint density at radius 3 is 2.94 bits per heavy atom.